The summed E-state index contributed by atoms with van der Waals surface area (Å²) in [4.78, 5) is 9.02. The Morgan fingerprint density at radius 1 is 1.03 bits per heavy atom. The van der Waals surface area contributed by atoms with Gasteiger partial charge in [-0.05, 0) is 36.4 Å². The first-order valence-corrected chi connectivity index (χ1v) is 9.17. The maximum atomic E-state index is 14.3. The summed E-state index contributed by atoms with van der Waals surface area (Å²) in [6.07, 6.45) is 3.43. The van der Waals surface area contributed by atoms with Gasteiger partial charge in [-0.2, -0.15) is 0 Å². The minimum absolute atomic E-state index is 0. The van der Waals surface area contributed by atoms with Crippen molar-refractivity contribution >= 4 is 33.2 Å². The van der Waals surface area contributed by atoms with Gasteiger partial charge in [0.1, 0.15) is 11.5 Å². The highest BCUT2D eigenvalue weighted by atomic mass is 79.9. The summed E-state index contributed by atoms with van der Waals surface area (Å²) < 4.78 is 27.4. The molecule has 0 spiro atoms. The fraction of sp³-hybridized carbons (Fsp3) is 0.143. The zero-order valence-corrected chi connectivity index (χ0v) is 16.7. The van der Waals surface area contributed by atoms with E-state index in [0.29, 0.717) is 38.9 Å². The lowest BCUT2D eigenvalue weighted by atomic mass is 10.1. The number of hydrogen-bond donors (Lipinski definition) is 1. The van der Waals surface area contributed by atoms with Gasteiger partial charge in [-0.25, -0.2) is 14.4 Å². The summed E-state index contributed by atoms with van der Waals surface area (Å²) >= 11 is 3.26. The van der Waals surface area contributed by atoms with Gasteiger partial charge in [0.2, 0.25) is 5.95 Å². The third kappa shape index (κ3) is 4.02. The highest BCUT2D eigenvalue weighted by Crippen LogP contribution is 2.33. The molecule has 4 aromatic rings. The van der Waals surface area contributed by atoms with Crippen LogP contribution in [0, 0.1) is 5.82 Å². The van der Waals surface area contributed by atoms with E-state index in [2.05, 4.69) is 31.2 Å². The number of nitrogens with zero attached hydrogens (tertiary/aromatic N) is 3. The molecule has 0 aliphatic carbocycles. The Bertz CT molecular complexity index is 1160. The monoisotopic (exact) mass is 458 g/mol. The Hall–Kier alpha value is -3.13. The van der Waals surface area contributed by atoms with Crippen molar-refractivity contribution in [1.29, 1.82) is 0 Å². The van der Waals surface area contributed by atoms with Crippen LogP contribution in [0.4, 0.5) is 16.0 Å². The van der Waals surface area contributed by atoms with Crippen LogP contribution in [0.3, 0.4) is 0 Å². The summed E-state index contributed by atoms with van der Waals surface area (Å²) in [5.74, 6) is 1.28. The Morgan fingerprint density at radius 3 is 2.55 bits per heavy atom. The molecule has 0 unspecified atom stereocenters. The fourth-order valence-corrected chi connectivity index (χ4v) is 3.20. The number of nitrogens with one attached hydrogen (secondary N) is 1. The second kappa shape index (κ2) is 8.48. The second-order valence-corrected chi connectivity index (χ2v) is 6.86. The molecular weight excluding hydrogens is 439 g/mol. The standard InChI is InChI=1S/C20H16BrFN4O2.CH4/c1-27-17-6-3-12(9-18(17)28-2)16-11-19-23-7-8-26(19)20(25-16)24-15-5-4-13(21)10-14(15)22;/h3-11H,1-2H3,(H,24,25);1H4. The fourth-order valence-electron chi connectivity index (χ4n) is 2.87. The number of halogens is 2. The summed E-state index contributed by atoms with van der Waals surface area (Å²) in [6, 6.07) is 12.2. The van der Waals surface area contributed by atoms with Crippen LogP contribution in [0.5, 0.6) is 11.5 Å². The van der Waals surface area contributed by atoms with Crippen molar-refractivity contribution in [3.8, 4) is 22.8 Å². The molecule has 0 aliphatic heterocycles. The van der Waals surface area contributed by atoms with E-state index in [-0.39, 0.29) is 13.2 Å². The van der Waals surface area contributed by atoms with Gasteiger partial charge in [-0.1, -0.05) is 23.4 Å². The number of benzene rings is 2. The molecule has 0 bridgehead atoms. The molecule has 0 radical (unpaired) electrons. The third-order valence-electron chi connectivity index (χ3n) is 4.25. The number of methoxy groups -OCH3 is 2. The Labute approximate surface area is 176 Å². The molecule has 0 saturated heterocycles. The Balaban J connectivity index is 0.00000240. The van der Waals surface area contributed by atoms with E-state index in [0.717, 1.165) is 5.56 Å². The number of anilines is 2. The molecule has 0 aliphatic rings. The molecule has 0 atom stereocenters. The smallest absolute Gasteiger partial charge is 0.213 e. The topological polar surface area (TPSA) is 60.7 Å². The SMILES string of the molecule is C.COc1ccc(-c2cc3nccn3c(Nc3ccc(Br)cc3F)n2)cc1OC. The quantitative estimate of drug-likeness (QED) is 0.415. The average molecular weight is 459 g/mol. The highest BCUT2D eigenvalue weighted by molar-refractivity contribution is 9.10. The Kier molecular flexibility index (Phi) is 6.03. The van der Waals surface area contributed by atoms with Gasteiger partial charge < -0.3 is 14.8 Å². The van der Waals surface area contributed by atoms with Crippen molar-refractivity contribution in [3.05, 3.63) is 65.1 Å². The van der Waals surface area contributed by atoms with Gasteiger partial charge in [0.15, 0.2) is 11.5 Å². The molecule has 4 rings (SSSR count). The summed E-state index contributed by atoms with van der Waals surface area (Å²) in [5.41, 5.74) is 2.48. The molecule has 0 fully saturated rings. The van der Waals surface area contributed by atoms with Crippen LogP contribution in [0.25, 0.3) is 16.9 Å². The van der Waals surface area contributed by atoms with E-state index in [1.54, 1.807) is 43.1 Å². The van der Waals surface area contributed by atoms with Gasteiger partial charge >= 0.3 is 0 Å². The number of imidazole rings is 1. The molecule has 0 saturated carbocycles. The van der Waals surface area contributed by atoms with Crippen LogP contribution in [0.1, 0.15) is 7.43 Å². The molecule has 8 heteroatoms. The van der Waals surface area contributed by atoms with Crippen LogP contribution in [-0.2, 0) is 0 Å². The number of hydrogen-bond acceptors (Lipinski definition) is 5. The normalized spacial score (nSPS) is 10.5. The van der Waals surface area contributed by atoms with Crippen LogP contribution in [0.2, 0.25) is 0 Å². The van der Waals surface area contributed by atoms with Crippen LogP contribution in [0.15, 0.2) is 59.3 Å². The predicted molar refractivity (Wildman–Crippen MR) is 116 cm³/mol. The number of aromatic nitrogens is 3. The molecule has 0 amide bonds. The maximum Gasteiger partial charge on any atom is 0.213 e. The largest absolute Gasteiger partial charge is 0.493 e. The van der Waals surface area contributed by atoms with E-state index in [4.69, 9.17) is 9.47 Å². The van der Waals surface area contributed by atoms with Gasteiger partial charge in [0.25, 0.3) is 0 Å². The summed E-state index contributed by atoms with van der Waals surface area (Å²) in [7, 11) is 3.16. The lowest BCUT2D eigenvalue weighted by Crippen LogP contribution is -2.04. The maximum absolute atomic E-state index is 14.3. The minimum Gasteiger partial charge on any atom is -0.493 e. The number of rotatable bonds is 5. The van der Waals surface area contributed by atoms with E-state index in [9.17, 15) is 4.39 Å². The van der Waals surface area contributed by atoms with E-state index in [1.807, 2.05) is 24.3 Å². The van der Waals surface area contributed by atoms with Crippen LogP contribution >= 0.6 is 15.9 Å². The summed E-state index contributed by atoms with van der Waals surface area (Å²) in [5, 5.41) is 3.05. The van der Waals surface area contributed by atoms with Gasteiger partial charge in [0, 0.05) is 28.5 Å². The lowest BCUT2D eigenvalue weighted by molar-refractivity contribution is 0.355. The molecule has 2 aromatic carbocycles. The van der Waals surface area contributed by atoms with E-state index >= 15 is 0 Å². The van der Waals surface area contributed by atoms with Crippen molar-refractivity contribution in [2.75, 3.05) is 19.5 Å². The molecule has 2 aromatic heterocycles. The molecule has 29 heavy (non-hydrogen) atoms. The molecular formula is C21H20BrFN4O2. The molecule has 1 N–H and O–H groups in total. The average Bonchev–Trinajstić information content (AvgIpc) is 3.18. The molecule has 2 heterocycles. The first-order chi connectivity index (χ1) is 13.6. The number of fused-ring (bicyclic) bond motifs is 1. The van der Waals surface area contributed by atoms with Crippen molar-refractivity contribution in [3.63, 3.8) is 0 Å². The Morgan fingerprint density at radius 2 is 1.83 bits per heavy atom. The predicted octanol–water partition coefficient (Wildman–Crippen LogP) is 5.69. The zero-order valence-electron chi connectivity index (χ0n) is 15.1. The van der Waals surface area contributed by atoms with Crippen LogP contribution in [-0.4, -0.2) is 28.6 Å². The first-order valence-electron chi connectivity index (χ1n) is 8.37. The molecule has 150 valence electrons. The zero-order chi connectivity index (χ0) is 19.7. The summed E-state index contributed by atoms with van der Waals surface area (Å²) in [6.45, 7) is 0. The van der Waals surface area contributed by atoms with Gasteiger partial charge in [0.05, 0.1) is 25.6 Å². The lowest BCUT2D eigenvalue weighted by Gasteiger charge is -2.13. The van der Waals surface area contributed by atoms with Crippen molar-refractivity contribution in [1.82, 2.24) is 14.4 Å². The van der Waals surface area contributed by atoms with E-state index in [1.165, 1.54) is 6.07 Å². The van der Waals surface area contributed by atoms with Crippen LogP contribution < -0.4 is 14.8 Å². The van der Waals surface area contributed by atoms with Crippen molar-refractivity contribution in [2.24, 2.45) is 0 Å². The number of ether oxygens (including phenoxy) is 2. The third-order valence-corrected chi connectivity index (χ3v) is 4.74. The highest BCUT2D eigenvalue weighted by Gasteiger charge is 2.13. The van der Waals surface area contributed by atoms with Gasteiger partial charge in [-0.3, -0.25) is 4.40 Å². The molecule has 6 nitrogen and oxygen atoms in total. The van der Waals surface area contributed by atoms with Gasteiger partial charge in [-0.15, -0.1) is 0 Å². The first kappa shape index (κ1) is 20.6. The van der Waals surface area contributed by atoms with Crippen molar-refractivity contribution in [2.45, 2.75) is 7.43 Å². The van der Waals surface area contributed by atoms with E-state index < -0.39 is 0 Å². The second-order valence-electron chi connectivity index (χ2n) is 5.94. The minimum atomic E-state index is -0.388. The van der Waals surface area contributed by atoms with Crippen molar-refractivity contribution < 1.29 is 13.9 Å².